The number of imidazole rings is 1. The summed E-state index contributed by atoms with van der Waals surface area (Å²) in [5.74, 6) is 1.82. The van der Waals surface area contributed by atoms with Crippen LogP contribution in [-0.4, -0.2) is 38.6 Å². The van der Waals surface area contributed by atoms with Gasteiger partial charge in [0.25, 0.3) is 0 Å². The summed E-state index contributed by atoms with van der Waals surface area (Å²) in [5.41, 5.74) is 1.07. The van der Waals surface area contributed by atoms with Gasteiger partial charge in [0.1, 0.15) is 5.82 Å². The second kappa shape index (κ2) is 5.68. The number of pyridine rings is 1. The van der Waals surface area contributed by atoms with E-state index in [4.69, 9.17) is 0 Å². The lowest BCUT2D eigenvalue weighted by molar-refractivity contribution is 0.145. The maximum Gasteiger partial charge on any atom is 0.318 e. The van der Waals surface area contributed by atoms with Crippen molar-refractivity contribution in [2.24, 2.45) is 13.0 Å². The highest BCUT2D eigenvalue weighted by molar-refractivity contribution is 5.76. The number of urea groups is 1. The molecule has 0 radical (unpaired) electrons. The van der Waals surface area contributed by atoms with Gasteiger partial charge >= 0.3 is 6.03 Å². The fourth-order valence-corrected chi connectivity index (χ4v) is 3.17. The second-order valence-electron chi connectivity index (χ2n) is 6.52. The van der Waals surface area contributed by atoms with Crippen molar-refractivity contribution < 1.29 is 4.79 Å². The molecular weight excluding hydrogens is 290 g/mol. The van der Waals surface area contributed by atoms with E-state index in [1.54, 1.807) is 6.20 Å². The lowest BCUT2D eigenvalue weighted by Gasteiger charge is -2.39. The molecule has 1 atom stereocenters. The van der Waals surface area contributed by atoms with Gasteiger partial charge < -0.3 is 14.8 Å². The summed E-state index contributed by atoms with van der Waals surface area (Å²) in [7, 11) is 1.98. The zero-order valence-electron chi connectivity index (χ0n) is 13.2. The maximum atomic E-state index is 12.5. The first-order valence-corrected chi connectivity index (χ1v) is 8.16. The third kappa shape index (κ3) is 2.81. The standard InChI is InChI=1S/C17H21N5O/c1-21-9-8-19-16(21)15(12-5-6-12)20-17(23)22-10-13(11-22)14-4-2-3-7-18-14/h2-4,7-9,12-13,15H,5-6,10-11H2,1H3,(H,20,23)/t15-/m0/s1. The zero-order valence-corrected chi connectivity index (χ0v) is 13.2. The van der Waals surface area contributed by atoms with E-state index in [1.165, 1.54) is 0 Å². The van der Waals surface area contributed by atoms with Crippen LogP contribution in [0.1, 0.15) is 36.3 Å². The molecule has 2 aliphatic rings. The van der Waals surface area contributed by atoms with Gasteiger partial charge in [-0.2, -0.15) is 0 Å². The minimum Gasteiger partial charge on any atom is -0.336 e. The molecule has 6 nitrogen and oxygen atoms in total. The van der Waals surface area contributed by atoms with Gasteiger partial charge in [-0.25, -0.2) is 9.78 Å². The van der Waals surface area contributed by atoms with Gasteiger partial charge in [-0.3, -0.25) is 4.98 Å². The van der Waals surface area contributed by atoms with E-state index in [2.05, 4.69) is 15.3 Å². The number of nitrogens with one attached hydrogen (secondary N) is 1. The van der Waals surface area contributed by atoms with Gasteiger partial charge in [-0.05, 0) is 30.9 Å². The van der Waals surface area contributed by atoms with Crippen LogP contribution in [0.25, 0.3) is 0 Å². The van der Waals surface area contributed by atoms with Gasteiger partial charge in [-0.15, -0.1) is 0 Å². The summed E-state index contributed by atoms with van der Waals surface area (Å²) in [4.78, 5) is 23.2. The van der Waals surface area contributed by atoms with E-state index in [0.717, 1.165) is 37.4 Å². The minimum atomic E-state index is 0.0112. The van der Waals surface area contributed by atoms with Crippen molar-refractivity contribution in [1.82, 2.24) is 24.8 Å². The van der Waals surface area contributed by atoms with Gasteiger partial charge in [0, 0.05) is 50.3 Å². The second-order valence-corrected chi connectivity index (χ2v) is 6.52. The fraction of sp³-hybridized carbons (Fsp3) is 0.471. The Labute approximate surface area is 135 Å². The quantitative estimate of drug-likeness (QED) is 0.940. The van der Waals surface area contributed by atoms with Gasteiger partial charge in [0.2, 0.25) is 0 Å². The average molecular weight is 311 g/mol. The zero-order chi connectivity index (χ0) is 15.8. The molecule has 6 heteroatoms. The Morgan fingerprint density at radius 2 is 2.09 bits per heavy atom. The first-order valence-electron chi connectivity index (χ1n) is 8.16. The smallest absolute Gasteiger partial charge is 0.318 e. The molecule has 1 N–H and O–H groups in total. The predicted molar refractivity (Wildman–Crippen MR) is 85.8 cm³/mol. The van der Waals surface area contributed by atoms with Gasteiger partial charge in [0.05, 0.1) is 6.04 Å². The van der Waals surface area contributed by atoms with Crippen molar-refractivity contribution in [1.29, 1.82) is 0 Å². The lowest BCUT2D eigenvalue weighted by atomic mass is 9.96. The third-order valence-electron chi connectivity index (χ3n) is 4.78. The first kappa shape index (κ1) is 14.2. The van der Waals surface area contributed by atoms with Crippen molar-refractivity contribution in [3.05, 3.63) is 48.3 Å². The molecule has 2 fully saturated rings. The van der Waals surface area contributed by atoms with Crippen LogP contribution in [0.2, 0.25) is 0 Å². The predicted octanol–water partition coefficient (Wildman–Crippen LogP) is 2.08. The van der Waals surface area contributed by atoms with E-state index < -0.39 is 0 Å². The number of amides is 2. The number of hydrogen-bond donors (Lipinski definition) is 1. The molecule has 120 valence electrons. The first-order chi connectivity index (χ1) is 11.2. The number of carbonyl (C=O) groups is 1. The summed E-state index contributed by atoms with van der Waals surface area (Å²) >= 11 is 0. The summed E-state index contributed by atoms with van der Waals surface area (Å²) < 4.78 is 2.00. The molecule has 0 unspecified atom stereocenters. The summed E-state index contributed by atoms with van der Waals surface area (Å²) in [6.07, 6.45) is 7.85. The molecule has 2 amide bonds. The van der Waals surface area contributed by atoms with Crippen LogP contribution in [0.3, 0.4) is 0 Å². The Bertz CT molecular complexity index is 688. The molecule has 1 saturated carbocycles. The minimum absolute atomic E-state index is 0.0112. The van der Waals surface area contributed by atoms with Crippen molar-refractivity contribution in [2.75, 3.05) is 13.1 Å². The van der Waals surface area contributed by atoms with Crippen molar-refractivity contribution in [3.63, 3.8) is 0 Å². The summed E-state index contributed by atoms with van der Waals surface area (Å²) in [6.45, 7) is 1.47. The Morgan fingerprint density at radius 3 is 2.70 bits per heavy atom. The Kier molecular flexibility index (Phi) is 3.52. The number of nitrogens with zero attached hydrogens (tertiary/aromatic N) is 4. The molecule has 0 spiro atoms. The molecule has 0 aromatic carbocycles. The SMILES string of the molecule is Cn1ccnc1[C@@H](NC(=O)N1CC(c2ccccn2)C1)C1CC1. The highest BCUT2D eigenvalue weighted by Crippen LogP contribution is 2.40. The van der Waals surface area contributed by atoms with E-state index in [0.29, 0.717) is 11.8 Å². The van der Waals surface area contributed by atoms with E-state index in [9.17, 15) is 4.79 Å². The molecule has 1 aliphatic carbocycles. The Hall–Kier alpha value is -2.37. The normalized spacial score (nSPS) is 19.3. The van der Waals surface area contributed by atoms with Gasteiger partial charge in [-0.1, -0.05) is 6.07 Å². The highest BCUT2D eigenvalue weighted by Gasteiger charge is 2.39. The number of aryl methyl sites for hydroxylation is 1. The van der Waals surface area contributed by atoms with Crippen LogP contribution < -0.4 is 5.32 Å². The number of rotatable bonds is 4. The molecular formula is C17H21N5O. The third-order valence-corrected chi connectivity index (χ3v) is 4.78. The van der Waals surface area contributed by atoms with Crippen molar-refractivity contribution in [2.45, 2.75) is 24.8 Å². The van der Waals surface area contributed by atoms with E-state index in [1.807, 2.05) is 47.1 Å². The average Bonchev–Trinajstić information content (AvgIpc) is 3.26. The van der Waals surface area contributed by atoms with Crippen LogP contribution >= 0.6 is 0 Å². The fourth-order valence-electron chi connectivity index (χ4n) is 3.17. The largest absolute Gasteiger partial charge is 0.336 e. The van der Waals surface area contributed by atoms with Crippen LogP contribution in [0.4, 0.5) is 4.79 Å². The monoisotopic (exact) mass is 311 g/mol. The molecule has 0 bridgehead atoms. The Balaban J connectivity index is 1.38. The molecule has 2 aromatic heterocycles. The van der Waals surface area contributed by atoms with Crippen molar-refractivity contribution in [3.8, 4) is 0 Å². The molecule has 23 heavy (non-hydrogen) atoms. The topological polar surface area (TPSA) is 63.1 Å². The number of aromatic nitrogens is 3. The summed E-state index contributed by atoms with van der Waals surface area (Å²) in [5, 5.41) is 3.18. The number of hydrogen-bond acceptors (Lipinski definition) is 3. The molecule has 3 heterocycles. The molecule has 1 aliphatic heterocycles. The lowest BCUT2D eigenvalue weighted by Crippen LogP contribution is -2.53. The van der Waals surface area contributed by atoms with Crippen LogP contribution in [0.15, 0.2) is 36.8 Å². The van der Waals surface area contributed by atoms with Gasteiger partial charge in [0.15, 0.2) is 0 Å². The number of likely N-dealkylation sites (tertiary alicyclic amines) is 1. The van der Waals surface area contributed by atoms with Crippen LogP contribution in [-0.2, 0) is 7.05 Å². The maximum absolute atomic E-state index is 12.5. The highest BCUT2D eigenvalue weighted by atomic mass is 16.2. The Morgan fingerprint density at radius 1 is 1.26 bits per heavy atom. The molecule has 4 rings (SSSR count). The number of carbonyl (C=O) groups excluding carboxylic acids is 1. The van der Waals surface area contributed by atoms with Crippen molar-refractivity contribution >= 4 is 6.03 Å². The molecule has 2 aromatic rings. The van der Waals surface area contributed by atoms with E-state index in [-0.39, 0.29) is 12.1 Å². The van der Waals surface area contributed by atoms with E-state index >= 15 is 0 Å². The molecule has 1 saturated heterocycles. The summed E-state index contributed by atoms with van der Waals surface area (Å²) in [6, 6.07) is 5.98. The van der Waals surface area contributed by atoms with Crippen LogP contribution in [0.5, 0.6) is 0 Å². The van der Waals surface area contributed by atoms with Crippen LogP contribution in [0, 0.1) is 5.92 Å².